The summed E-state index contributed by atoms with van der Waals surface area (Å²) in [7, 11) is 0. The first-order valence-electron chi connectivity index (χ1n) is 7.34. The van der Waals surface area contributed by atoms with Crippen LogP contribution in [0.2, 0.25) is 0 Å². The van der Waals surface area contributed by atoms with E-state index in [1.54, 1.807) is 0 Å². The lowest BCUT2D eigenvalue weighted by molar-refractivity contribution is -0.135. The van der Waals surface area contributed by atoms with Gasteiger partial charge in [0.1, 0.15) is 0 Å². The molecule has 1 aromatic rings. The Hall–Kier alpha value is -1.35. The largest absolute Gasteiger partial charge is 0.363 e. The summed E-state index contributed by atoms with van der Waals surface area (Å²) in [6.07, 6.45) is 6.48. The fourth-order valence-corrected chi connectivity index (χ4v) is 3.13. The van der Waals surface area contributed by atoms with Crippen LogP contribution in [0.3, 0.4) is 0 Å². The molecule has 1 amide bonds. The zero-order valence-electron chi connectivity index (χ0n) is 11.2. The van der Waals surface area contributed by atoms with Crippen molar-refractivity contribution in [2.24, 2.45) is 0 Å². The van der Waals surface area contributed by atoms with Crippen LogP contribution in [0, 0.1) is 0 Å². The van der Waals surface area contributed by atoms with E-state index in [9.17, 15) is 4.79 Å². The predicted octanol–water partition coefficient (Wildman–Crippen LogP) is 2.75. The van der Waals surface area contributed by atoms with E-state index in [2.05, 4.69) is 11.4 Å². The van der Waals surface area contributed by atoms with Crippen molar-refractivity contribution in [1.82, 2.24) is 5.32 Å². The molecule has 0 spiro atoms. The van der Waals surface area contributed by atoms with Gasteiger partial charge in [-0.1, -0.05) is 43.5 Å². The zero-order chi connectivity index (χ0) is 13.1. The molecule has 3 rings (SSSR count). The van der Waals surface area contributed by atoms with Crippen molar-refractivity contribution in [3.63, 3.8) is 0 Å². The summed E-state index contributed by atoms with van der Waals surface area (Å²) < 4.78 is 5.70. The van der Waals surface area contributed by atoms with Crippen LogP contribution in [-0.2, 0) is 16.0 Å². The minimum atomic E-state index is -0.410. The third-order valence-electron chi connectivity index (χ3n) is 4.18. The summed E-state index contributed by atoms with van der Waals surface area (Å²) in [5.41, 5.74) is 2.29. The monoisotopic (exact) mass is 259 g/mol. The molecular formula is C16H21NO2. The number of carbonyl (C=O) groups excluding carboxylic acids is 1. The van der Waals surface area contributed by atoms with Crippen molar-refractivity contribution in [2.45, 2.75) is 50.7 Å². The van der Waals surface area contributed by atoms with Crippen LogP contribution in [0.4, 0.5) is 0 Å². The van der Waals surface area contributed by atoms with Crippen molar-refractivity contribution in [3.05, 3.63) is 35.4 Å². The Kier molecular flexibility index (Phi) is 3.83. The van der Waals surface area contributed by atoms with E-state index in [-0.39, 0.29) is 5.91 Å². The van der Waals surface area contributed by atoms with Crippen LogP contribution in [0.15, 0.2) is 24.3 Å². The molecule has 0 radical (unpaired) electrons. The first-order valence-corrected chi connectivity index (χ1v) is 7.34. The molecule has 102 valence electrons. The molecule has 1 aliphatic carbocycles. The van der Waals surface area contributed by atoms with Crippen LogP contribution in [0.1, 0.15) is 49.3 Å². The molecular weight excluding hydrogens is 238 g/mol. The maximum Gasteiger partial charge on any atom is 0.253 e. The highest BCUT2D eigenvalue weighted by atomic mass is 16.5. The van der Waals surface area contributed by atoms with Gasteiger partial charge >= 0.3 is 0 Å². The molecule has 0 saturated heterocycles. The van der Waals surface area contributed by atoms with E-state index in [0.29, 0.717) is 12.6 Å². The van der Waals surface area contributed by atoms with E-state index in [1.807, 2.05) is 18.2 Å². The molecule has 1 unspecified atom stereocenters. The molecule has 1 aromatic carbocycles. The molecule has 1 atom stereocenters. The normalized spacial score (nSPS) is 23.7. The number of hydrogen-bond donors (Lipinski definition) is 1. The second kappa shape index (κ2) is 5.74. The van der Waals surface area contributed by atoms with E-state index < -0.39 is 6.10 Å². The quantitative estimate of drug-likeness (QED) is 0.887. The summed E-state index contributed by atoms with van der Waals surface area (Å²) in [6, 6.07) is 8.46. The number of carbonyl (C=O) groups is 1. The minimum absolute atomic E-state index is 0.0408. The Bertz CT molecular complexity index is 452. The van der Waals surface area contributed by atoms with Gasteiger partial charge in [0, 0.05) is 6.04 Å². The first-order chi connectivity index (χ1) is 9.34. The van der Waals surface area contributed by atoms with Gasteiger partial charge in [0.15, 0.2) is 6.10 Å². The number of rotatable bonds is 2. The SMILES string of the molecule is O=C(NC1CCCCC1)C1OCCc2ccccc21. The topological polar surface area (TPSA) is 38.3 Å². The Balaban J connectivity index is 1.70. The smallest absolute Gasteiger partial charge is 0.253 e. The van der Waals surface area contributed by atoms with Crippen molar-refractivity contribution < 1.29 is 9.53 Å². The molecule has 0 bridgehead atoms. The van der Waals surface area contributed by atoms with E-state index >= 15 is 0 Å². The number of benzene rings is 1. The summed E-state index contributed by atoms with van der Waals surface area (Å²) in [5, 5.41) is 3.17. The third kappa shape index (κ3) is 2.81. The Morgan fingerprint density at radius 3 is 2.79 bits per heavy atom. The maximum absolute atomic E-state index is 12.4. The van der Waals surface area contributed by atoms with Gasteiger partial charge in [-0.2, -0.15) is 0 Å². The van der Waals surface area contributed by atoms with Gasteiger partial charge < -0.3 is 10.1 Å². The highest BCUT2D eigenvalue weighted by Crippen LogP contribution is 2.27. The summed E-state index contributed by atoms with van der Waals surface area (Å²) >= 11 is 0. The highest BCUT2D eigenvalue weighted by molar-refractivity contribution is 5.83. The third-order valence-corrected chi connectivity index (χ3v) is 4.18. The van der Waals surface area contributed by atoms with Crippen molar-refractivity contribution in [1.29, 1.82) is 0 Å². The van der Waals surface area contributed by atoms with Crippen LogP contribution in [0.5, 0.6) is 0 Å². The van der Waals surface area contributed by atoms with E-state index in [4.69, 9.17) is 4.74 Å². The standard InChI is InChI=1S/C16H21NO2/c18-16(17-13-7-2-1-3-8-13)15-14-9-5-4-6-12(14)10-11-19-15/h4-6,9,13,15H,1-3,7-8,10-11H2,(H,17,18). The Morgan fingerprint density at radius 2 is 1.95 bits per heavy atom. The molecule has 3 nitrogen and oxygen atoms in total. The summed E-state index contributed by atoms with van der Waals surface area (Å²) in [4.78, 5) is 12.4. The lowest BCUT2D eigenvalue weighted by Crippen LogP contribution is -2.41. The molecule has 1 fully saturated rings. The zero-order valence-corrected chi connectivity index (χ0v) is 11.2. The molecule has 1 N–H and O–H groups in total. The number of ether oxygens (including phenoxy) is 1. The molecule has 1 heterocycles. The fraction of sp³-hybridized carbons (Fsp3) is 0.562. The average molecular weight is 259 g/mol. The van der Waals surface area contributed by atoms with Crippen molar-refractivity contribution in [3.8, 4) is 0 Å². The number of hydrogen-bond acceptors (Lipinski definition) is 2. The lowest BCUT2D eigenvalue weighted by atomic mass is 9.94. The van der Waals surface area contributed by atoms with E-state index in [1.165, 1.54) is 24.8 Å². The predicted molar refractivity (Wildman–Crippen MR) is 73.9 cm³/mol. The van der Waals surface area contributed by atoms with E-state index in [0.717, 1.165) is 24.8 Å². The second-order valence-corrected chi connectivity index (χ2v) is 5.54. The van der Waals surface area contributed by atoms with Crippen LogP contribution >= 0.6 is 0 Å². The highest BCUT2D eigenvalue weighted by Gasteiger charge is 2.28. The van der Waals surface area contributed by atoms with Gasteiger partial charge in [-0.3, -0.25) is 4.79 Å². The minimum Gasteiger partial charge on any atom is -0.363 e. The van der Waals surface area contributed by atoms with Gasteiger partial charge in [-0.25, -0.2) is 0 Å². The Labute approximate surface area is 114 Å². The van der Waals surface area contributed by atoms with Crippen LogP contribution in [0.25, 0.3) is 0 Å². The molecule has 1 aliphatic heterocycles. The van der Waals surface area contributed by atoms with Gasteiger partial charge in [-0.15, -0.1) is 0 Å². The molecule has 1 saturated carbocycles. The van der Waals surface area contributed by atoms with Gasteiger partial charge in [0.25, 0.3) is 5.91 Å². The van der Waals surface area contributed by atoms with Gasteiger partial charge in [-0.05, 0) is 30.4 Å². The molecule has 19 heavy (non-hydrogen) atoms. The molecule has 3 heteroatoms. The number of nitrogens with one attached hydrogen (secondary N) is 1. The summed E-state index contributed by atoms with van der Waals surface area (Å²) in [6.45, 7) is 0.639. The van der Waals surface area contributed by atoms with Crippen LogP contribution < -0.4 is 5.32 Å². The Morgan fingerprint density at radius 1 is 1.16 bits per heavy atom. The fourth-order valence-electron chi connectivity index (χ4n) is 3.13. The number of amides is 1. The van der Waals surface area contributed by atoms with Crippen molar-refractivity contribution >= 4 is 5.91 Å². The lowest BCUT2D eigenvalue weighted by Gasteiger charge is -2.28. The maximum atomic E-state index is 12.4. The van der Waals surface area contributed by atoms with Crippen molar-refractivity contribution in [2.75, 3.05) is 6.61 Å². The number of fused-ring (bicyclic) bond motifs is 1. The summed E-state index contributed by atoms with van der Waals surface area (Å²) in [5.74, 6) is 0.0408. The average Bonchev–Trinajstić information content (AvgIpc) is 2.47. The molecule has 0 aromatic heterocycles. The first kappa shape index (κ1) is 12.7. The second-order valence-electron chi connectivity index (χ2n) is 5.54. The van der Waals surface area contributed by atoms with Gasteiger partial charge in [0.2, 0.25) is 0 Å². The molecule has 2 aliphatic rings. The van der Waals surface area contributed by atoms with Crippen LogP contribution in [-0.4, -0.2) is 18.6 Å². The van der Waals surface area contributed by atoms with Gasteiger partial charge in [0.05, 0.1) is 6.61 Å².